The molecule has 0 saturated heterocycles. The average Bonchev–Trinajstić information content (AvgIpc) is 2.48. The Kier molecular flexibility index (Phi) is 6.16. The molecule has 3 N–H and O–H groups in total. The van der Waals surface area contributed by atoms with E-state index in [1.165, 1.54) is 29.1 Å². The maximum absolute atomic E-state index is 7.38. The van der Waals surface area contributed by atoms with E-state index in [9.17, 15) is 0 Å². The minimum atomic E-state index is 0.446. The van der Waals surface area contributed by atoms with Crippen LogP contribution < -0.4 is 5.73 Å². The number of allylic oxidation sites excluding steroid dienone is 4. The molecule has 0 fully saturated rings. The van der Waals surface area contributed by atoms with Crippen molar-refractivity contribution in [2.75, 3.05) is 0 Å². The topological polar surface area (TPSA) is 49.9 Å². The Morgan fingerprint density at radius 3 is 2.52 bits per heavy atom. The van der Waals surface area contributed by atoms with Crippen LogP contribution in [0.3, 0.4) is 0 Å². The van der Waals surface area contributed by atoms with Crippen molar-refractivity contribution >= 4 is 11.8 Å². The molecule has 0 spiro atoms. The first kappa shape index (κ1) is 17.0. The molecule has 0 radical (unpaired) electrons. The summed E-state index contributed by atoms with van der Waals surface area (Å²) in [5.74, 6) is 0.446. The van der Waals surface area contributed by atoms with E-state index in [0.717, 1.165) is 16.7 Å². The lowest BCUT2D eigenvalue weighted by molar-refractivity contribution is 0.860. The summed E-state index contributed by atoms with van der Waals surface area (Å²) in [5.41, 5.74) is 12.2. The Morgan fingerprint density at radius 2 is 2.05 bits per heavy atom. The SMILES string of the molecule is C=C(/C(=C\C)C/C(C=N)=C/N)c1ccc(C)cc1C(C)C. The smallest absolute Gasteiger partial charge is 0.0227 e. The zero-order chi connectivity index (χ0) is 16.0. The van der Waals surface area contributed by atoms with E-state index in [4.69, 9.17) is 11.1 Å². The van der Waals surface area contributed by atoms with Gasteiger partial charge in [-0.1, -0.05) is 50.3 Å². The van der Waals surface area contributed by atoms with Crippen LogP contribution in [-0.2, 0) is 0 Å². The Bertz CT molecular complexity index is 590. The van der Waals surface area contributed by atoms with Crippen molar-refractivity contribution in [3.8, 4) is 0 Å². The highest BCUT2D eigenvalue weighted by atomic mass is 14.5. The van der Waals surface area contributed by atoms with Gasteiger partial charge in [0.15, 0.2) is 0 Å². The maximum atomic E-state index is 7.38. The van der Waals surface area contributed by atoms with Crippen LogP contribution in [0.5, 0.6) is 0 Å². The van der Waals surface area contributed by atoms with Crippen LogP contribution in [0, 0.1) is 12.3 Å². The van der Waals surface area contributed by atoms with E-state index in [-0.39, 0.29) is 0 Å². The molecule has 2 heteroatoms. The minimum absolute atomic E-state index is 0.446. The molecule has 0 amide bonds. The average molecular weight is 282 g/mol. The molecule has 1 rings (SSSR count). The summed E-state index contributed by atoms with van der Waals surface area (Å²) >= 11 is 0. The molecule has 2 nitrogen and oxygen atoms in total. The van der Waals surface area contributed by atoms with Gasteiger partial charge in [-0.3, -0.25) is 0 Å². The molecule has 0 aliphatic heterocycles. The molecule has 0 bridgehead atoms. The molecule has 1 aromatic carbocycles. The van der Waals surface area contributed by atoms with Gasteiger partial charge in [-0.05, 0) is 53.8 Å². The van der Waals surface area contributed by atoms with Gasteiger partial charge in [-0.2, -0.15) is 0 Å². The number of hydrogen-bond donors (Lipinski definition) is 2. The van der Waals surface area contributed by atoms with Gasteiger partial charge >= 0.3 is 0 Å². The number of benzene rings is 1. The summed E-state index contributed by atoms with van der Waals surface area (Å²) in [6, 6.07) is 6.50. The Balaban J connectivity index is 3.21. The number of rotatable bonds is 6. The minimum Gasteiger partial charge on any atom is -0.404 e. The number of aryl methyl sites for hydroxylation is 1. The van der Waals surface area contributed by atoms with Gasteiger partial charge in [0.05, 0.1) is 0 Å². The molecule has 0 saturated carbocycles. The Hall–Kier alpha value is -2.09. The molecule has 112 valence electrons. The van der Waals surface area contributed by atoms with Gasteiger partial charge in [0.1, 0.15) is 0 Å². The highest BCUT2D eigenvalue weighted by molar-refractivity contribution is 5.83. The molecule has 0 atom stereocenters. The van der Waals surface area contributed by atoms with E-state index in [2.05, 4.69) is 51.6 Å². The van der Waals surface area contributed by atoms with Crippen LogP contribution in [0.4, 0.5) is 0 Å². The second-order valence-electron chi connectivity index (χ2n) is 5.60. The van der Waals surface area contributed by atoms with Crippen LogP contribution in [0.25, 0.3) is 5.57 Å². The van der Waals surface area contributed by atoms with Gasteiger partial charge in [0, 0.05) is 12.6 Å². The third kappa shape index (κ3) is 4.19. The van der Waals surface area contributed by atoms with Crippen molar-refractivity contribution in [3.05, 3.63) is 64.9 Å². The third-order valence-electron chi connectivity index (χ3n) is 3.68. The fourth-order valence-electron chi connectivity index (χ4n) is 2.37. The molecule has 0 aliphatic rings. The number of hydrogen-bond acceptors (Lipinski definition) is 2. The van der Waals surface area contributed by atoms with E-state index < -0.39 is 0 Å². The van der Waals surface area contributed by atoms with Crippen molar-refractivity contribution in [2.24, 2.45) is 5.73 Å². The normalized spacial score (nSPS) is 12.6. The van der Waals surface area contributed by atoms with Crippen molar-refractivity contribution in [2.45, 2.75) is 40.0 Å². The van der Waals surface area contributed by atoms with Crippen LogP contribution in [0.1, 0.15) is 49.8 Å². The molecule has 21 heavy (non-hydrogen) atoms. The Labute approximate surface area is 128 Å². The largest absolute Gasteiger partial charge is 0.404 e. The van der Waals surface area contributed by atoms with Crippen LogP contribution >= 0.6 is 0 Å². The number of nitrogens with one attached hydrogen (secondary N) is 1. The molecule has 0 aliphatic carbocycles. The second-order valence-corrected chi connectivity index (χ2v) is 5.60. The van der Waals surface area contributed by atoms with Crippen molar-refractivity contribution in [1.29, 1.82) is 5.41 Å². The predicted octanol–water partition coefficient (Wildman–Crippen LogP) is 4.96. The van der Waals surface area contributed by atoms with Crippen LogP contribution in [0.15, 0.2) is 48.2 Å². The van der Waals surface area contributed by atoms with Crippen LogP contribution in [-0.4, -0.2) is 6.21 Å². The highest BCUT2D eigenvalue weighted by Gasteiger charge is 2.13. The first-order valence-corrected chi connectivity index (χ1v) is 7.31. The summed E-state index contributed by atoms with van der Waals surface area (Å²) in [5, 5.41) is 7.38. The van der Waals surface area contributed by atoms with Gasteiger partial charge in [0.2, 0.25) is 0 Å². The molecular weight excluding hydrogens is 256 g/mol. The summed E-state index contributed by atoms with van der Waals surface area (Å²) in [7, 11) is 0. The molecule has 0 aromatic heterocycles. The molecular formula is C19H26N2. The highest BCUT2D eigenvalue weighted by Crippen LogP contribution is 2.32. The summed E-state index contributed by atoms with van der Waals surface area (Å²) in [6.07, 6.45) is 5.48. The maximum Gasteiger partial charge on any atom is 0.0227 e. The van der Waals surface area contributed by atoms with Crippen molar-refractivity contribution < 1.29 is 0 Å². The fourth-order valence-corrected chi connectivity index (χ4v) is 2.37. The lowest BCUT2D eigenvalue weighted by Gasteiger charge is -2.18. The second kappa shape index (κ2) is 7.63. The van der Waals surface area contributed by atoms with Crippen molar-refractivity contribution in [1.82, 2.24) is 0 Å². The van der Waals surface area contributed by atoms with Gasteiger partial charge in [0.25, 0.3) is 0 Å². The zero-order valence-corrected chi connectivity index (χ0v) is 13.5. The van der Waals surface area contributed by atoms with E-state index in [1.54, 1.807) is 0 Å². The van der Waals surface area contributed by atoms with Crippen LogP contribution in [0.2, 0.25) is 0 Å². The van der Waals surface area contributed by atoms with Gasteiger partial charge < -0.3 is 11.1 Å². The van der Waals surface area contributed by atoms with Crippen molar-refractivity contribution in [3.63, 3.8) is 0 Å². The monoisotopic (exact) mass is 282 g/mol. The van der Waals surface area contributed by atoms with Gasteiger partial charge in [-0.15, -0.1) is 0 Å². The zero-order valence-electron chi connectivity index (χ0n) is 13.5. The third-order valence-corrected chi connectivity index (χ3v) is 3.68. The quantitative estimate of drug-likeness (QED) is 0.562. The first-order valence-electron chi connectivity index (χ1n) is 7.31. The predicted molar refractivity (Wildman–Crippen MR) is 93.7 cm³/mol. The summed E-state index contributed by atoms with van der Waals surface area (Å²) < 4.78 is 0. The van der Waals surface area contributed by atoms with E-state index >= 15 is 0 Å². The number of nitrogens with two attached hydrogens (primary N) is 1. The first-order chi connectivity index (χ1) is 9.94. The summed E-state index contributed by atoms with van der Waals surface area (Å²) in [4.78, 5) is 0. The molecule has 0 heterocycles. The standard InChI is InChI=1S/C19H26N2/c1-6-17(10-16(11-20)12-21)15(5)18-8-7-14(4)9-19(18)13(2)3/h6-9,11-13,20H,5,10,21H2,1-4H3/b16-12-,17-6-,20-11?. The van der Waals surface area contributed by atoms with Gasteiger partial charge in [-0.25, -0.2) is 0 Å². The van der Waals surface area contributed by atoms with E-state index in [1.807, 2.05) is 6.92 Å². The Morgan fingerprint density at radius 1 is 1.38 bits per heavy atom. The fraction of sp³-hybridized carbons (Fsp3) is 0.316. The lowest BCUT2D eigenvalue weighted by Crippen LogP contribution is -2.00. The molecule has 1 aromatic rings. The summed E-state index contributed by atoms with van der Waals surface area (Å²) in [6.45, 7) is 12.8. The lowest BCUT2D eigenvalue weighted by atomic mass is 9.87. The molecule has 0 unspecified atom stereocenters. The van der Waals surface area contributed by atoms with E-state index in [0.29, 0.717) is 12.3 Å².